The molecule has 2 heterocycles. The molecule has 1 aromatic heterocycles. The van der Waals surface area contributed by atoms with Crippen LogP contribution < -0.4 is 15.4 Å². The second kappa shape index (κ2) is 12.8. The number of rotatable bonds is 9. The van der Waals surface area contributed by atoms with Gasteiger partial charge < -0.3 is 15.4 Å². The normalized spacial score (nSPS) is 14.1. The molecule has 1 aliphatic heterocycles. The molecule has 0 saturated carbocycles. The number of carbonyl (C=O) groups is 1. The van der Waals surface area contributed by atoms with Gasteiger partial charge >= 0.3 is 0 Å². The molecule has 222 valence electrons. The molecule has 2 N–H and O–H groups in total. The van der Waals surface area contributed by atoms with Crippen molar-refractivity contribution in [3.8, 4) is 5.75 Å². The lowest BCUT2D eigenvalue weighted by atomic mass is 9.95. The van der Waals surface area contributed by atoms with Gasteiger partial charge in [-0.15, -0.1) is 5.10 Å². The van der Waals surface area contributed by atoms with Crippen molar-refractivity contribution in [3.63, 3.8) is 0 Å². The Morgan fingerprint density at radius 3 is 2.45 bits per heavy atom. The van der Waals surface area contributed by atoms with Crippen molar-refractivity contribution < 1.29 is 13.9 Å². The zero-order valence-corrected chi connectivity index (χ0v) is 25.5. The summed E-state index contributed by atoms with van der Waals surface area (Å²) >= 11 is 1.34. The molecule has 9 heteroatoms. The molecule has 6 rings (SSSR count). The largest absolute Gasteiger partial charge is 0.489 e. The first-order valence-electron chi connectivity index (χ1n) is 14.3. The van der Waals surface area contributed by atoms with Gasteiger partial charge in [0.1, 0.15) is 24.2 Å². The van der Waals surface area contributed by atoms with Crippen LogP contribution in [0.4, 0.5) is 16.0 Å². The standard InChI is InChI=1S/C35H32FN5O2S/c1-22-9-8-13-28(19-22)38-33(42)31-24(3)37-34-39-35(44-21-27-12-6-7-14-30(27)36)40-41(34)32(31)25-15-17-29(18-16-25)43-20-26-11-5-4-10-23(26)2/h4-19,32H,20-21H2,1-3H3,(H,38,42)(H,37,39,40). The van der Waals surface area contributed by atoms with Gasteiger partial charge in [0.15, 0.2) is 0 Å². The van der Waals surface area contributed by atoms with E-state index in [0.717, 1.165) is 22.4 Å². The number of nitrogens with one attached hydrogen (secondary N) is 2. The van der Waals surface area contributed by atoms with Crippen molar-refractivity contribution in [1.82, 2.24) is 14.8 Å². The summed E-state index contributed by atoms with van der Waals surface area (Å²) in [6.07, 6.45) is 0. The second-order valence-electron chi connectivity index (χ2n) is 10.7. The first-order chi connectivity index (χ1) is 21.4. The lowest BCUT2D eigenvalue weighted by molar-refractivity contribution is -0.113. The number of hydrogen-bond donors (Lipinski definition) is 2. The number of aryl methyl sites for hydroxylation is 2. The van der Waals surface area contributed by atoms with Crippen molar-refractivity contribution in [2.45, 2.75) is 44.3 Å². The Morgan fingerprint density at radius 1 is 0.955 bits per heavy atom. The average molecular weight is 606 g/mol. The number of allylic oxidation sites excluding steroid dienone is 1. The summed E-state index contributed by atoms with van der Waals surface area (Å²) in [7, 11) is 0. The fraction of sp³-hybridized carbons (Fsp3) is 0.171. The molecule has 0 spiro atoms. The van der Waals surface area contributed by atoms with E-state index < -0.39 is 6.04 Å². The van der Waals surface area contributed by atoms with Crippen LogP contribution in [0.5, 0.6) is 5.75 Å². The third-order valence-electron chi connectivity index (χ3n) is 7.52. The first kappa shape index (κ1) is 29.2. The second-order valence-corrected chi connectivity index (χ2v) is 11.7. The fourth-order valence-electron chi connectivity index (χ4n) is 5.15. The van der Waals surface area contributed by atoms with Crippen LogP contribution in [0.15, 0.2) is 113 Å². The Bertz CT molecular complexity index is 1850. The molecular formula is C35H32FN5O2S. The molecule has 1 aliphatic rings. The summed E-state index contributed by atoms with van der Waals surface area (Å²) in [5, 5.41) is 11.6. The summed E-state index contributed by atoms with van der Waals surface area (Å²) < 4.78 is 22.1. The van der Waals surface area contributed by atoms with Crippen LogP contribution in [0.3, 0.4) is 0 Å². The molecule has 0 aliphatic carbocycles. The van der Waals surface area contributed by atoms with Crippen LogP contribution in [0, 0.1) is 19.7 Å². The highest BCUT2D eigenvalue weighted by molar-refractivity contribution is 7.98. The highest BCUT2D eigenvalue weighted by atomic mass is 32.2. The molecule has 0 fully saturated rings. The van der Waals surface area contributed by atoms with E-state index in [0.29, 0.717) is 46.0 Å². The molecule has 0 bridgehead atoms. The zero-order chi connectivity index (χ0) is 30.6. The Hall–Kier alpha value is -4.89. The van der Waals surface area contributed by atoms with Gasteiger partial charge in [-0.05, 0) is 78.9 Å². The Balaban J connectivity index is 1.30. The van der Waals surface area contributed by atoms with E-state index in [4.69, 9.17) is 14.8 Å². The lowest BCUT2D eigenvalue weighted by Crippen LogP contribution is -2.31. The number of halogens is 1. The third-order valence-corrected chi connectivity index (χ3v) is 8.41. The molecule has 1 atom stereocenters. The summed E-state index contributed by atoms with van der Waals surface area (Å²) in [5.74, 6) is 1.10. The summed E-state index contributed by atoms with van der Waals surface area (Å²) in [4.78, 5) is 18.5. The molecule has 7 nitrogen and oxygen atoms in total. The predicted molar refractivity (Wildman–Crippen MR) is 172 cm³/mol. The van der Waals surface area contributed by atoms with Crippen LogP contribution in [0.1, 0.15) is 40.8 Å². The molecule has 1 amide bonds. The van der Waals surface area contributed by atoms with Gasteiger partial charge in [-0.1, -0.05) is 78.5 Å². The smallest absolute Gasteiger partial charge is 0.255 e. The number of thioether (sulfide) groups is 1. The van der Waals surface area contributed by atoms with Crippen molar-refractivity contribution in [3.05, 3.63) is 142 Å². The highest BCUT2D eigenvalue weighted by Crippen LogP contribution is 2.38. The number of fused-ring (bicyclic) bond motifs is 1. The average Bonchev–Trinajstić information content (AvgIpc) is 3.42. The number of benzene rings is 4. The lowest BCUT2D eigenvalue weighted by Gasteiger charge is -2.28. The fourth-order valence-corrected chi connectivity index (χ4v) is 5.97. The van der Waals surface area contributed by atoms with Crippen LogP contribution in [0.25, 0.3) is 0 Å². The molecular weight excluding hydrogens is 573 g/mol. The summed E-state index contributed by atoms with van der Waals surface area (Å²) in [6, 6.07) is 29.7. The Kier molecular flexibility index (Phi) is 8.47. The van der Waals surface area contributed by atoms with Crippen LogP contribution >= 0.6 is 11.8 Å². The van der Waals surface area contributed by atoms with Gasteiger partial charge in [-0.25, -0.2) is 9.07 Å². The number of amides is 1. The minimum absolute atomic E-state index is 0.243. The molecule has 1 unspecified atom stereocenters. The van der Waals surface area contributed by atoms with Crippen LogP contribution in [-0.2, 0) is 17.2 Å². The maximum absolute atomic E-state index is 14.3. The molecule has 5 aromatic rings. The maximum Gasteiger partial charge on any atom is 0.255 e. The number of anilines is 2. The van der Waals surface area contributed by atoms with E-state index in [1.807, 2.05) is 80.6 Å². The number of nitrogens with zero attached hydrogens (tertiary/aromatic N) is 3. The predicted octanol–water partition coefficient (Wildman–Crippen LogP) is 7.83. The molecule has 4 aromatic carbocycles. The SMILES string of the molecule is CC1=C(C(=O)Nc2cccc(C)c2)C(c2ccc(OCc3ccccc3C)cc2)n2nc(SCc3ccccc3F)nc2N1. The molecule has 0 saturated heterocycles. The van der Waals surface area contributed by atoms with E-state index in [1.54, 1.807) is 16.8 Å². The van der Waals surface area contributed by atoms with Crippen molar-refractivity contribution in [1.29, 1.82) is 0 Å². The minimum Gasteiger partial charge on any atom is -0.489 e. The van der Waals surface area contributed by atoms with E-state index in [2.05, 4.69) is 29.7 Å². The topological polar surface area (TPSA) is 81.1 Å². The quantitative estimate of drug-likeness (QED) is 0.167. The molecule has 44 heavy (non-hydrogen) atoms. The van der Waals surface area contributed by atoms with Gasteiger partial charge in [-0.2, -0.15) is 4.98 Å². The van der Waals surface area contributed by atoms with Gasteiger partial charge in [0.05, 0.1) is 5.57 Å². The van der Waals surface area contributed by atoms with Crippen LogP contribution in [-0.4, -0.2) is 20.7 Å². The van der Waals surface area contributed by atoms with E-state index in [-0.39, 0.29) is 11.7 Å². The first-order valence-corrected chi connectivity index (χ1v) is 15.3. The van der Waals surface area contributed by atoms with Gasteiger partial charge in [0.2, 0.25) is 11.1 Å². The number of aromatic nitrogens is 3. The minimum atomic E-state index is -0.559. The van der Waals surface area contributed by atoms with E-state index in [1.165, 1.54) is 23.4 Å². The van der Waals surface area contributed by atoms with Crippen molar-refractivity contribution in [2.24, 2.45) is 0 Å². The Labute approximate surface area is 260 Å². The van der Waals surface area contributed by atoms with Crippen molar-refractivity contribution >= 4 is 29.3 Å². The monoisotopic (exact) mass is 605 g/mol. The third kappa shape index (κ3) is 6.38. The highest BCUT2D eigenvalue weighted by Gasteiger charge is 2.34. The number of ether oxygens (including phenoxy) is 1. The number of carbonyl (C=O) groups excluding carboxylic acids is 1. The summed E-state index contributed by atoms with van der Waals surface area (Å²) in [5.41, 5.74) is 6.66. The van der Waals surface area contributed by atoms with Gasteiger partial charge in [0.25, 0.3) is 5.91 Å². The Morgan fingerprint density at radius 2 is 1.70 bits per heavy atom. The van der Waals surface area contributed by atoms with Gasteiger partial charge in [0, 0.05) is 17.1 Å². The van der Waals surface area contributed by atoms with E-state index >= 15 is 0 Å². The van der Waals surface area contributed by atoms with Crippen LogP contribution in [0.2, 0.25) is 0 Å². The number of hydrogen-bond acceptors (Lipinski definition) is 6. The molecule has 0 radical (unpaired) electrons. The maximum atomic E-state index is 14.3. The zero-order valence-electron chi connectivity index (χ0n) is 24.7. The summed E-state index contributed by atoms with van der Waals surface area (Å²) in [6.45, 7) is 6.37. The van der Waals surface area contributed by atoms with E-state index in [9.17, 15) is 9.18 Å². The van der Waals surface area contributed by atoms with Crippen molar-refractivity contribution in [2.75, 3.05) is 10.6 Å². The van der Waals surface area contributed by atoms with Gasteiger partial charge in [-0.3, -0.25) is 4.79 Å².